The first-order valence-corrected chi connectivity index (χ1v) is 17.3. The SMILES string of the molecule is CCCCCCCCCCC1CCC(CCC2CCC(C3CCC(CCCCC)CC3)CC2)CC1. The van der Waals surface area contributed by atoms with Gasteiger partial charge in [-0.05, 0) is 61.2 Å². The Labute approximate surface area is 222 Å². The van der Waals surface area contributed by atoms with Crippen molar-refractivity contribution in [3.8, 4) is 0 Å². The molecular formula is C35H66. The highest BCUT2D eigenvalue weighted by atomic mass is 14.4. The second-order valence-electron chi connectivity index (χ2n) is 13.8. The fraction of sp³-hybridized carbons (Fsp3) is 1.00. The van der Waals surface area contributed by atoms with E-state index in [-0.39, 0.29) is 0 Å². The minimum Gasteiger partial charge on any atom is -0.0654 e. The van der Waals surface area contributed by atoms with Crippen molar-refractivity contribution in [2.24, 2.45) is 35.5 Å². The Balaban J connectivity index is 1.16. The average molecular weight is 487 g/mol. The van der Waals surface area contributed by atoms with Crippen molar-refractivity contribution in [2.45, 2.75) is 187 Å². The van der Waals surface area contributed by atoms with E-state index >= 15 is 0 Å². The molecule has 0 unspecified atom stereocenters. The minimum absolute atomic E-state index is 1.09. The summed E-state index contributed by atoms with van der Waals surface area (Å²) in [5, 5.41) is 0. The maximum Gasteiger partial charge on any atom is -0.0386 e. The number of hydrogen-bond donors (Lipinski definition) is 0. The number of hydrogen-bond acceptors (Lipinski definition) is 0. The van der Waals surface area contributed by atoms with Gasteiger partial charge in [0.05, 0.1) is 0 Å². The van der Waals surface area contributed by atoms with Crippen LogP contribution >= 0.6 is 0 Å². The maximum absolute atomic E-state index is 2.34. The summed E-state index contributed by atoms with van der Waals surface area (Å²) in [5.41, 5.74) is 0. The van der Waals surface area contributed by atoms with Crippen LogP contribution in [-0.2, 0) is 0 Å². The highest BCUT2D eigenvalue weighted by Crippen LogP contribution is 2.44. The smallest absolute Gasteiger partial charge is 0.0386 e. The Morgan fingerprint density at radius 2 is 0.600 bits per heavy atom. The molecule has 3 saturated carbocycles. The monoisotopic (exact) mass is 487 g/mol. The second kappa shape index (κ2) is 18.3. The number of unbranched alkanes of at least 4 members (excludes halogenated alkanes) is 9. The van der Waals surface area contributed by atoms with Gasteiger partial charge in [0.2, 0.25) is 0 Å². The molecule has 0 aromatic carbocycles. The van der Waals surface area contributed by atoms with E-state index < -0.39 is 0 Å². The molecule has 0 bridgehead atoms. The third-order valence-electron chi connectivity index (χ3n) is 11.1. The molecule has 3 aliphatic carbocycles. The van der Waals surface area contributed by atoms with Crippen molar-refractivity contribution >= 4 is 0 Å². The van der Waals surface area contributed by atoms with Gasteiger partial charge >= 0.3 is 0 Å². The van der Waals surface area contributed by atoms with Gasteiger partial charge in [-0.3, -0.25) is 0 Å². The molecule has 0 aliphatic heterocycles. The molecule has 0 heteroatoms. The third kappa shape index (κ3) is 11.9. The Kier molecular flexibility index (Phi) is 15.4. The highest BCUT2D eigenvalue weighted by molar-refractivity contribution is 4.83. The molecule has 0 radical (unpaired) electrons. The van der Waals surface area contributed by atoms with Crippen LogP contribution in [0.5, 0.6) is 0 Å². The molecule has 206 valence electrons. The summed E-state index contributed by atoms with van der Waals surface area (Å²) in [6.45, 7) is 4.66. The predicted molar refractivity (Wildman–Crippen MR) is 157 cm³/mol. The van der Waals surface area contributed by atoms with Crippen LogP contribution in [0.4, 0.5) is 0 Å². The summed E-state index contributed by atoms with van der Waals surface area (Å²) in [4.78, 5) is 0. The van der Waals surface area contributed by atoms with Gasteiger partial charge in [-0.1, -0.05) is 162 Å². The number of rotatable bonds is 17. The lowest BCUT2D eigenvalue weighted by Crippen LogP contribution is -2.26. The van der Waals surface area contributed by atoms with Crippen LogP contribution in [0.3, 0.4) is 0 Å². The van der Waals surface area contributed by atoms with Crippen LogP contribution < -0.4 is 0 Å². The molecule has 0 saturated heterocycles. The molecule has 0 amide bonds. The fourth-order valence-corrected chi connectivity index (χ4v) is 8.43. The summed E-state index contributed by atoms with van der Waals surface area (Å²) in [6.07, 6.45) is 41.3. The summed E-state index contributed by atoms with van der Waals surface area (Å²) in [6, 6.07) is 0. The first-order valence-electron chi connectivity index (χ1n) is 17.3. The van der Waals surface area contributed by atoms with Crippen molar-refractivity contribution in [3.05, 3.63) is 0 Å². The Hall–Kier alpha value is 0. The fourth-order valence-electron chi connectivity index (χ4n) is 8.43. The zero-order chi connectivity index (χ0) is 24.6. The normalized spacial score (nSPS) is 32.1. The molecular weight excluding hydrogens is 420 g/mol. The molecule has 35 heavy (non-hydrogen) atoms. The van der Waals surface area contributed by atoms with Crippen molar-refractivity contribution in [1.82, 2.24) is 0 Å². The zero-order valence-electron chi connectivity index (χ0n) is 24.6. The maximum atomic E-state index is 2.34. The van der Waals surface area contributed by atoms with Gasteiger partial charge in [0.15, 0.2) is 0 Å². The summed E-state index contributed by atoms with van der Waals surface area (Å²) in [5.74, 6) is 6.56. The van der Waals surface area contributed by atoms with Gasteiger partial charge in [0.1, 0.15) is 0 Å². The quantitative estimate of drug-likeness (QED) is 0.179. The van der Waals surface area contributed by atoms with Crippen molar-refractivity contribution in [3.63, 3.8) is 0 Å². The van der Waals surface area contributed by atoms with Crippen LogP contribution in [0.1, 0.15) is 187 Å². The Morgan fingerprint density at radius 3 is 1.03 bits per heavy atom. The van der Waals surface area contributed by atoms with Crippen LogP contribution in [0, 0.1) is 35.5 Å². The van der Waals surface area contributed by atoms with E-state index in [4.69, 9.17) is 0 Å². The molecule has 3 rings (SSSR count). The standard InChI is InChI=1S/C35H66/c1-3-5-7-8-9-10-11-13-15-30-16-18-32(19-17-30)20-21-33-24-28-35(29-25-33)34-26-22-31(23-27-34)14-12-6-4-2/h30-35H,3-29H2,1-2H3. The second-order valence-corrected chi connectivity index (χ2v) is 13.8. The minimum atomic E-state index is 1.09. The van der Waals surface area contributed by atoms with E-state index in [1.54, 1.807) is 96.3 Å². The molecule has 3 aliphatic rings. The summed E-state index contributed by atoms with van der Waals surface area (Å²) in [7, 11) is 0. The Bertz CT molecular complexity index is 470. The van der Waals surface area contributed by atoms with Crippen LogP contribution in [0.2, 0.25) is 0 Å². The van der Waals surface area contributed by atoms with E-state index in [1.807, 2.05) is 0 Å². The molecule has 0 N–H and O–H groups in total. The molecule has 0 heterocycles. The molecule has 0 aromatic heterocycles. The average Bonchev–Trinajstić information content (AvgIpc) is 2.90. The molecule has 0 nitrogen and oxygen atoms in total. The predicted octanol–water partition coefficient (Wildman–Crippen LogP) is 12.3. The molecule has 0 spiro atoms. The van der Waals surface area contributed by atoms with Gasteiger partial charge in [-0.25, -0.2) is 0 Å². The van der Waals surface area contributed by atoms with Crippen molar-refractivity contribution in [2.75, 3.05) is 0 Å². The van der Waals surface area contributed by atoms with E-state index in [9.17, 15) is 0 Å². The largest absolute Gasteiger partial charge is 0.0654 e. The van der Waals surface area contributed by atoms with Gasteiger partial charge in [0, 0.05) is 0 Å². The van der Waals surface area contributed by atoms with Gasteiger partial charge < -0.3 is 0 Å². The van der Waals surface area contributed by atoms with Crippen molar-refractivity contribution in [1.29, 1.82) is 0 Å². The zero-order valence-corrected chi connectivity index (χ0v) is 24.6. The molecule has 3 fully saturated rings. The van der Waals surface area contributed by atoms with Crippen LogP contribution in [0.25, 0.3) is 0 Å². The first kappa shape index (κ1) is 29.6. The third-order valence-corrected chi connectivity index (χ3v) is 11.1. The molecule has 0 atom stereocenters. The van der Waals surface area contributed by atoms with Gasteiger partial charge in [-0.2, -0.15) is 0 Å². The van der Waals surface area contributed by atoms with Gasteiger partial charge in [0.25, 0.3) is 0 Å². The van der Waals surface area contributed by atoms with Crippen LogP contribution in [0.15, 0.2) is 0 Å². The highest BCUT2D eigenvalue weighted by Gasteiger charge is 2.31. The Morgan fingerprint density at radius 1 is 0.314 bits per heavy atom. The topological polar surface area (TPSA) is 0 Å². The lowest BCUT2D eigenvalue weighted by Gasteiger charge is -2.38. The van der Waals surface area contributed by atoms with E-state index in [0.29, 0.717) is 0 Å². The van der Waals surface area contributed by atoms with E-state index in [1.165, 1.54) is 77.0 Å². The summed E-state index contributed by atoms with van der Waals surface area (Å²) >= 11 is 0. The van der Waals surface area contributed by atoms with Crippen LogP contribution in [-0.4, -0.2) is 0 Å². The van der Waals surface area contributed by atoms with E-state index in [2.05, 4.69) is 13.8 Å². The lowest BCUT2D eigenvalue weighted by atomic mass is 9.68. The van der Waals surface area contributed by atoms with Crippen molar-refractivity contribution < 1.29 is 0 Å². The molecule has 0 aromatic rings. The summed E-state index contributed by atoms with van der Waals surface area (Å²) < 4.78 is 0. The van der Waals surface area contributed by atoms with E-state index in [0.717, 1.165) is 35.5 Å². The lowest BCUT2D eigenvalue weighted by molar-refractivity contribution is 0.135. The van der Waals surface area contributed by atoms with Gasteiger partial charge in [-0.15, -0.1) is 0 Å². The first-order chi connectivity index (χ1) is 17.3.